The van der Waals surface area contributed by atoms with E-state index in [4.69, 9.17) is 0 Å². The predicted octanol–water partition coefficient (Wildman–Crippen LogP) is 0.126. The normalized spacial score (nSPS) is 14.7. The molecule has 2 N–H and O–H groups in total. The molecular formula is C12H12N2O. The number of nitrogens with one attached hydrogen (secondary N) is 2. The standard InChI is InChI=1S/C12H12N2O/c15-12(14-11-8-13-9-11)7-6-10-4-2-1-3-5-10/h1-5,11,13H,8-9H2,(H,14,15). The molecule has 3 heteroatoms. The molecule has 1 aliphatic heterocycles. The fourth-order valence-corrected chi connectivity index (χ4v) is 1.26. The Morgan fingerprint density at radius 3 is 2.67 bits per heavy atom. The molecule has 76 valence electrons. The number of hydrogen-bond acceptors (Lipinski definition) is 2. The van der Waals surface area contributed by atoms with Gasteiger partial charge in [0.15, 0.2) is 0 Å². The van der Waals surface area contributed by atoms with Gasteiger partial charge < -0.3 is 10.6 Å². The van der Waals surface area contributed by atoms with Crippen LogP contribution in [-0.4, -0.2) is 25.0 Å². The van der Waals surface area contributed by atoms with Crippen LogP contribution < -0.4 is 10.6 Å². The van der Waals surface area contributed by atoms with Crippen molar-refractivity contribution in [2.45, 2.75) is 6.04 Å². The Hall–Kier alpha value is -1.79. The first kappa shape index (κ1) is 9.75. The molecule has 0 unspecified atom stereocenters. The molecule has 0 bridgehead atoms. The Labute approximate surface area is 88.9 Å². The second-order valence-electron chi connectivity index (χ2n) is 3.44. The van der Waals surface area contributed by atoms with Gasteiger partial charge in [-0.1, -0.05) is 24.1 Å². The Morgan fingerprint density at radius 2 is 2.07 bits per heavy atom. The van der Waals surface area contributed by atoms with Crippen molar-refractivity contribution in [3.8, 4) is 11.8 Å². The molecule has 1 heterocycles. The van der Waals surface area contributed by atoms with Crippen LogP contribution in [0.3, 0.4) is 0 Å². The van der Waals surface area contributed by atoms with E-state index < -0.39 is 0 Å². The molecular weight excluding hydrogens is 188 g/mol. The van der Waals surface area contributed by atoms with Gasteiger partial charge in [-0.3, -0.25) is 4.79 Å². The highest BCUT2D eigenvalue weighted by Crippen LogP contribution is 1.94. The summed E-state index contributed by atoms with van der Waals surface area (Å²) in [5.74, 6) is 5.18. The van der Waals surface area contributed by atoms with E-state index in [2.05, 4.69) is 22.5 Å². The Bertz CT molecular complexity index is 399. The van der Waals surface area contributed by atoms with Crippen LogP contribution in [0.4, 0.5) is 0 Å². The number of amides is 1. The van der Waals surface area contributed by atoms with E-state index in [1.54, 1.807) is 0 Å². The molecule has 2 rings (SSSR count). The molecule has 3 nitrogen and oxygen atoms in total. The maximum absolute atomic E-state index is 11.3. The van der Waals surface area contributed by atoms with Crippen molar-refractivity contribution >= 4 is 5.91 Å². The molecule has 1 saturated heterocycles. The SMILES string of the molecule is O=C(C#Cc1ccccc1)NC1CNC1. The van der Waals surface area contributed by atoms with Gasteiger partial charge in [0, 0.05) is 24.6 Å². The Kier molecular flexibility index (Phi) is 3.01. The van der Waals surface area contributed by atoms with Crippen LogP contribution in [0.25, 0.3) is 0 Å². The molecule has 1 aromatic rings. The minimum atomic E-state index is -0.203. The van der Waals surface area contributed by atoms with E-state index >= 15 is 0 Å². The predicted molar refractivity (Wildman–Crippen MR) is 58.1 cm³/mol. The van der Waals surface area contributed by atoms with Crippen molar-refractivity contribution in [3.63, 3.8) is 0 Å². The fraction of sp³-hybridized carbons (Fsp3) is 0.250. The van der Waals surface area contributed by atoms with Crippen LogP contribution in [0.15, 0.2) is 30.3 Å². The Morgan fingerprint density at radius 1 is 1.33 bits per heavy atom. The van der Waals surface area contributed by atoms with Gasteiger partial charge in [0.25, 0.3) is 5.91 Å². The first-order valence-corrected chi connectivity index (χ1v) is 4.93. The van der Waals surface area contributed by atoms with Crippen LogP contribution >= 0.6 is 0 Å². The zero-order valence-electron chi connectivity index (χ0n) is 8.29. The monoisotopic (exact) mass is 200 g/mol. The third kappa shape index (κ3) is 2.83. The summed E-state index contributed by atoms with van der Waals surface area (Å²) in [7, 11) is 0. The zero-order chi connectivity index (χ0) is 10.5. The first-order valence-electron chi connectivity index (χ1n) is 4.93. The summed E-state index contributed by atoms with van der Waals surface area (Å²) < 4.78 is 0. The van der Waals surface area contributed by atoms with Gasteiger partial charge in [-0.2, -0.15) is 0 Å². The quantitative estimate of drug-likeness (QED) is 0.632. The number of rotatable bonds is 1. The summed E-state index contributed by atoms with van der Waals surface area (Å²) in [6.07, 6.45) is 0. The highest BCUT2D eigenvalue weighted by molar-refractivity contribution is 5.94. The van der Waals surface area contributed by atoms with Crippen LogP contribution in [-0.2, 0) is 4.79 Å². The first-order chi connectivity index (χ1) is 7.34. The number of carbonyl (C=O) groups is 1. The van der Waals surface area contributed by atoms with E-state index in [-0.39, 0.29) is 11.9 Å². The maximum atomic E-state index is 11.3. The van der Waals surface area contributed by atoms with Gasteiger partial charge in [0.2, 0.25) is 0 Å². The molecule has 0 atom stereocenters. The molecule has 1 aromatic carbocycles. The summed E-state index contributed by atoms with van der Waals surface area (Å²) in [4.78, 5) is 11.3. The minimum absolute atomic E-state index is 0.203. The van der Waals surface area contributed by atoms with Crippen LogP contribution in [0.2, 0.25) is 0 Å². The average molecular weight is 200 g/mol. The van der Waals surface area contributed by atoms with E-state index in [9.17, 15) is 4.79 Å². The van der Waals surface area contributed by atoms with E-state index in [1.165, 1.54) is 0 Å². The van der Waals surface area contributed by atoms with Gasteiger partial charge in [0.1, 0.15) is 0 Å². The van der Waals surface area contributed by atoms with Crippen molar-refractivity contribution in [2.24, 2.45) is 0 Å². The summed E-state index contributed by atoms with van der Waals surface area (Å²) in [6, 6.07) is 9.74. The van der Waals surface area contributed by atoms with Gasteiger partial charge in [-0.05, 0) is 12.1 Å². The van der Waals surface area contributed by atoms with Crippen molar-refractivity contribution in [1.82, 2.24) is 10.6 Å². The Balaban J connectivity index is 1.90. The van der Waals surface area contributed by atoms with Crippen molar-refractivity contribution in [3.05, 3.63) is 35.9 Å². The molecule has 1 amide bonds. The number of carbonyl (C=O) groups excluding carboxylic acids is 1. The van der Waals surface area contributed by atoms with Gasteiger partial charge >= 0.3 is 0 Å². The maximum Gasteiger partial charge on any atom is 0.296 e. The van der Waals surface area contributed by atoms with E-state index in [0.29, 0.717) is 0 Å². The smallest absolute Gasteiger partial charge is 0.296 e. The number of hydrogen-bond donors (Lipinski definition) is 2. The van der Waals surface area contributed by atoms with E-state index in [1.807, 2.05) is 30.3 Å². The lowest BCUT2D eigenvalue weighted by Gasteiger charge is -2.26. The molecule has 0 radical (unpaired) electrons. The molecule has 1 aliphatic rings. The topological polar surface area (TPSA) is 41.1 Å². The average Bonchev–Trinajstić information content (AvgIpc) is 2.22. The third-order valence-corrected chi connectivity index (χ3v) is 2.21. The van der Waals surface area contributed by atoms with Crippen molar-refractivity contribution in [1.29, 1.82) is 0 Å². The van der Waals surface area contributed by atoms with Crippen molar-refractivity contribution in [2.75, 3.05) is 13.1 Å². The van der Waals surface area contributed by atoms with Crippen LogP contribution in [0, 0.1) is 11.8 Å². The second kappa shape index (κ2) is 4.63. The largest absolute Gasteiger partial charge is 0.340 e. The lowest BCUT2D eigenvalue weighted by atomic mass is 10.2. The molecule has 0 spiro atoms. The van der Waals surface area contributed by atoms with E-state index in [0.717, 1.165) is 18.7 Å². The summed E-state index contributed by atoms with van der Waals surface area (Å²) in [5, 5.41) is 5.89. The molecule has 0 aromatic heterocycles. The number of benzene rings is 1. The summed E-state index contributed by atoms with van der Waals surface area (Å²) in [6.45, 7) is 1.69. The highest BCUT2D eigenvalue weighted by atomic mass is 16.1. The van der Waals surface area contributed by atoms with Gasteiger partial charge in [-0.15, -0.1) is 0 Å². The minimum Gasteiger partial charge on any atom is -0.340 e. The van der Waals surface area contributed by atoms with Gasteiger partial charge in [0.05, 0.1) is 6.04 Å². The fourth-order valence-electron chi connectivity index (χ4n) is 1.26. The lowest BCUT2D eigenvalue weighted by Crippen LogP contribution is -2.56. The summed E-state index contributed by atoms with van der Waals surface area (Å²) >= 11 is 0. The van der Waals surface area contributed by atoms with Crippen LogP contribution in [0.1, 0.15) is 5.56 Å². The molecule has 0 aliphatic carbocycles. The molecule has 0 saturated carbocycles. The van der Waals surface area contributed by atoms with Gasteiger partial charge in [-0.25, -0.2) is 0 Å². The van der Waals surface area contributed by atoms with Crippen molar-refractivity contribution < 1.29 is 4.79 Å². The zero-order valence-corrected chi connectivity index (χ0v) is 8.29. The van der Waals surface area contributed by atoms with Crippen LogP contribution in [0.5, 0.6) is 0 Å². The highest BCUT2D eigenvalue weighted by Gasteiger charge is 2.17. The molecule has 1 fully saturated rings. The summed E-state index contributed by atoms with van der Waals surface area (Å²) in [5.41, 5.74) is 0.861. The molecule has 15 heavy (non-hydrogen) atoms. The third-order valence-electron chi connectivity index (χ3n) is 2.21. The second-order valence-corrected chi connectivity index (χ2v) is 3.44. The lowest BCUT2D eigenvalue weighted by molar-refractivity contribution is -0.116.